The van der Waals surface area contributed by atoms with E-state index in [2.05, 4.69) is 56.2 Å². The Bertz CT molecular complexity index is 291. The molecule has 0 saturated heterocycles. The van der Waals surface area contributed by atoms with Crippen LogP contribution in [0, 0.1) is 0 Å². The smallest absolute Gasteiger partial charge is 0.0550 e. The summed E-state index contributed by atoms with van der Waals surface area (Å²) in [4.78, 5) is 2.30. The van der Waals surface area contributed by atoms with Crippen LogP contribution in [-0.4, -0.2) is 24.2 Å². The zero-order valence-corrected chi connectivity index (χ0v) is 11.4. The van der Waals surface area contributed by atoms with Gasteiger partial charge in [0.15, 0.2) is 0 Å². The van der Waals surface area contributed by atoms with Gasteiger partial charge in [0.25, 0.3) is 0 Å². The van der Waals surface area contributed by atoms with Gasteiger partial charge in [0.05, 0.1) is 6.10 Å². The molecule has 1 aliphatic heterocycles. The third-order valence-electron chi connectivity index (χ3n) is 2.90. The second-order valence-corrected chi connectivity index (χ2v) is 4.39. The van der Waals surface area contributed by atoms with E-state index in [1.807, 2.05) is 0 Å². The van der Waals surface area contributed by atoms with E-state index in [0.29, 0.717) is 6.10 Å². The molecule has 0 amide bonds. The van der Waals surface area contributed by atoms with Crippen LogP contribution in [0.25, 0.3) is 0 Å². The van der Waals surface area contributed by atoms with E-state index >= 15 is 0 Å². The Hall–Kier alpha value is -1.02. The molecule has 0 saturated carbocycles. The molecule has 2 heteroatoms. The molecule has 0 radical (unpaired) electrons. The van der Waals surface area contributed by atoms with Crippen molar-refractivity contribution in [3.05, 3.63) is 36.2 Å². The van der Waals surface area contributed by atoms with Crippen LogP contribution in [0.4, 0.5) is 0 Å². The van der Waals surface area contributed by atoms with Crippen LogP contribution in [0.3, 0.4) is 0 Å². The van der Waals surface area contributed by atoms with Gasteiger partial charge in [0.2, 0.25) is 0 Å². The number of ether oxygens (including phenoxy) is 1. The van der Waals surface area contributed by atoms with E-state index in [4.69, 9.17) is 4.74 Å². The molecule has 1 unspecified atom stereocenters. The average molecular weight is 235 g/mol. The quantitative estimate of drug-likeness (QED) is 0.664. The third-order valence-corrected chi connectivity index (χ3v) is 2.90. The first-order valence-electron chi connectivity index (χ1n) is 6.70. The van der Waals surface area contributed by atoms with Crippen molar-refractivity contribution >= 4 is 0 Å². The molecule has 1 rings (SSSR count). The van der Waals surface area contributed by atoms with Gasteiger partial charge in [-0.1, -0.05) is 19.1 Å². The summed E-state index contributed by atoms with van der Waals surface area (Å²) in [6, 6.07) is 0. The van der Waals surface area contributed by atoms with Gasteiger partial charge in [-0.15, -0.1) is 0 Å². The highest BCUT2D eigenvalue weighted by Gasteiger charge is 2.08. The average Bonchev–Trinajstić information content (AvgIpc) is 2.58. The van der Waals surface area contributed by atoms with E-state index in [1.54, 1.807) is 0 Å². The molecule has 0 spiro atoms. The van der Waals surface area contributed by atoms with Gasteiger partial charge in [0.1, 0.15) is 0 Å². The van der Waals surface area contributed by atoms with Crippen LogP contribution in [0.15, 0.2) is 36.2 Å². The summed E-state index contributed by atoms with van der Waals surface area (Å²) >= 11 is 0. The largest absolute Gasteiger partial charge is 0.379 e. The second kappa shape index (κ2) is 8.13. The van der Waals surface area contributed by atoms with Gasteiger partial charge in [-0.25, -0.2) is 0 Å². The molecule has 0 N–H and O–H groups in total. The van der Waals surface area contributed by atoms with Crippen LogP contribution in [0.5, 0.6) is 0 Å². The predicted molar refractivity (Wildman–Crippen MR) is 73.7 cm³/mol. The van der Waals surface area contributed by atoms with Crippen molar-refractivity contribution in [3.8, 4) is 0 Å². The molecule has 1 atom stereocenters. The standard InChI is InChI=1S/C15H25NO/c1-4-13-17-14(3)10-11-15-9-7-6-8-12-16(15)5-2/h6-9,12,14H,4-5,10-11,13H2,1-3H3. The first-order chi connectivity index (χ1) is 8.27. The van der Waals surface area contributed by atoms with E-state index in [0.717, 1.165) is 32.4 Å². The van der Waals surface area contributed by atoms with Gasteiger partial charge in [-0.2, -0.15) is 0 Å². The Balaban J connectivity index is 2.41. The highest BCUT2D eigenvalue weighted by molar-refractivity contribution is 5.21. The van der Waals surface area contributed by atoms with Crippen molar-refractivity contribution in [2.24, 2.45) is 0 Å². The maximum absolute atomic E-state index is 5.70. The molecule has 1 heterocycles. The molecular formula is C15H25NO. The maximum atomic E-state index is 5.70. The summed E-state index contributed by atoms with van der Waals surface area (Å²) in [5.41, 5.74) is 1.38. The lowest BCUT2D eigenvalue weighted by atomic mass is 10.1. The topological polar surface area (TPSA) is 12.5 Å². The fraction of sp³-hybridized carbons (Fsp3) is 0.600. The number of hydrogen-bond acceptors (Lipinski definition) is 2. The van der Waals surface area contributed by atoms with Crippen LogP contribution < -0.4 is 0 Å². The fourth-order valence-electron chi connectivity index (χ4n) is 1.86. The minimum atomic E-state index is 0.353. The molecule has 2 nitrogen and oxygen atoms in total. The van der Waals surface area contributed by atoms with Crippen LogP contribution in [-0.2, 0) is 4.74 Å². The van der Waals surface area contributed by atoms with Crippen molar-refractivity contribution in [2.75, 3.05) is 13.2 Å². The zero-order valence-electron chi connectivity index (χ0n) is 11.4. The minimum Gasteiger partial charge on any atom is -0.379 e. The molecule has 96 valence electrons. The van der Waals surface area contributed by atoms with Gasteiger partial charge < -0.3 is 9.64 Å². The van der Waals surface area contributed by atoms with E-state index in [9.17, 15) is 0 Å². The molecule has 0 bridgehead atoms. The van der Waals surface area contributed by atoms with Crippen molar-refractivity contribution < 1.29 is 4.74 Å². The molecule has 0 aliphatic carbocycles. The van der Waals surface area contributed by atoms with Crippen molar-refractivity contribution in [3.63, 3.8) is 0 Å². The Morgan fingerprint density at radius 1 is 1.24 bits per heavy atom. The predicted octanol–water partition coefficient (Wildman–Crippen LogP) is 3.87. The van der Waals surface area contributed by atoms with Gasteiger partial charge in [0, 0.05) is 25.0 Å². The first-order valence-corrected chi connectivity index (χ1v) is 6.70. The third kappa shape index (κ3) is 5.22. The van der Waals surface area contributed by atoms with E-state index < -0.39 is 0 Å². The van der Waals surface area contributed by atoms with Crippen molar-refractivity contribution in [1.82, 2.24) is 4.90 Å². The molecule has 0 aromatic carbocycles. The summed E-state index contributed by atoms with van der Waals surface area (Å²) in [7, 11) is 0. The monoisotopic (exact) mass is 235 g/mol. The Morgan fingerprint density at radius 2 is 2.06 bits per heavy atom. The van der Waals surface area contributed by atoms with Crippen molar-refractivity contribution in [1.29, 1.82) is 0 Å². The number of hydrogen-bond donors (Lipinski definition) is 0. The van der Waals surface area contributed by atoms with Crippen LogP contribution >= 0.6 is 0 Å². The lowest BCUT2D eigenvalue weighted by Crippen LogP contribution is -2.17. The normalized spacial score (nSPS) is 16.9. The zero-order chi connectivity index (χ0) is 12.5. The molecular weight excluding hydrogens is 210 g/mol. The summed E-state index contributed by atoms with van der Waals surface area (Å²) in [6.45, 7) is 8.38. The summed E-state index contributed by atoms with van der Waals surface area (Å²) in [5.74, 6) is 0. The fourth-order valence-corrected chi connectivity index (χ4v) is 1.86. The first kappa shape index (κ1) is 14.0. The number of rotatable bonds is 7. The van der Waals surface area contributed by atoms with Crippen LogP contribution in [0.1, 0.15) is 40.0 Å². The van der Waals surface area contributed by atoms with E-state index in [-0.39, 0.29) is 0 Å². The highest BCUT2D eigenvalue weighted by Crippen LogP contribution is 2.17. The SMILES string of the molecule is CCCOC(C)CCC1=CC=CC=CN1CC. The molecule has 0 fully saturated rings. The Labute approximate surface area is 106 Å². The maximum Gasteiger partial charge on any atom is 0.0550 e. The van der Waals surface area contributed by atoms with Gasteiger partial charge in [-0.3, -0.25) is 0 Å². The number of nitrogens with zero attached hydrogens (tertiary/aromatic N) is 1. The lowest BCUT2D eigenvalue weighted by Gasteiger charge is -2.22. The number of allylic oxidation sites excluding steroid dienone is 5. The lowest BCUT2D eigenvalue weighted by molar-refractivity contribution is 0.0601. The Morgan fingerprint density at radius 3 is 2.76 bits per heavy atom. The van der Waals surface area contributed by atoms with Gasteiger partial charge in [-0.05, 0) is 45.3 Å². The summed E-state index contributed by atoms with van der Waals surface area (Å²) in [6.07, 6.45) is 14.2. The summed E-state index contributed by atoms with van der Waals surface area (Å²) < 4.78 is 5.70. The van der Waals surface area contributed by atoms with Crippen molar-refractivity contribution in [2.45, 2.75) is 46.1 Å². The molecule has 1 aliphatic rings. The molecule has 17 heavy (non-hydrogen) atoms. The van der Waals surface area contributed by atoms with Gasteiger partial charge >= 0.3 is 0 Å². The summed E-state index contributed by atoms with van der Waals surface area (Å²) in [5, 5.41) is 0. The molecule has 0 aromatic rings. The van der Waals surface area contributed by atoms with E-state index in [1.165, 1.54) is 5.70 Å². The molecule has 0 aromatic heterocycles. The van der Waals surface area contributed by atoms with Crippen LogP contribution in [0.2, 0.25) is 0 Å². The second-order valence-electron chi connectivity index (χ2n) is 4.39. The highest BCUT2D eigenvalue weighted by atomic mass is 16.5. The Kier molecular flexibility index (Phi) is 6.71. The minimum absolute atomic E-state index is 0.353.